The molecule has 2 rings (SSSR count). The van der Waals surface area contributed by atoms with E-state index in [9.17, 15) is 9.00 Å². The minimum atomic E-state index is -1.04. The van der Waals surface area contributed by atoms with Gasteiger partial charge >= 0.3 is 5.97 Å². The highest BCUT2D eigenvalue weighted by Gasteiger charge is 2.45. The first-order chi connectivity index (χ1) is 8.49. The number of nitrogens with zero attached hydrogens (tertiary/aromatic N) is 1. The zero-order valence-electron chi connectivity index (χ0n) is 9.76. The summed E-state index contributed by atoms with van der Waals surface area (Å²) in [7, 11) is -1.04. The van der Waals surface area contributed by atoms with Crippen LogP contribution in [0.5, 0.6) is 0 Å². The van der Waals surface area contributed by atoms with E-state index in [0.717, 1.165) is 23.0 Å². The molecule has 0 saturated heterocycles. The van der Waals surface area contributed by atoms with E-state index in [1.54, 1.807) is 6.20 Å². The zero-order valence-corrected chi connectivity index (χ0v) is 12.2. The summed E-state index contributed by atoms with van der Waals surface area (Å²) in [5.74, 6) is 0.0670. The Kier molecular flexibility index (Phi) is 4.17. The van der Waals surface area contributed by atoms with Crippen LogP contribution in [0, 0.1) is 5.41 Å². The van der Waals surface area contributed by atoms with E-state index >= 15 is 0 Å². The number of halogens is 1. The van der Waals surface area contributed by atoms with E-state index in [1.165, 1.54) is 0 Å². The third-order valence-corrected chi connectivity index (χ3v) is 5.07. The zero-order chi connectivity index (χ0) is 13.2. The van der Waals surface area contributed by atoms with Crippen LogP contribution in [0.15, 0.2) is 22.8 Å². The summed E-state index contributed by atoms with van der Waals surface area (Å²) in [5, 5.41) is 8.81. The highest BCUT2D eigenvalue weighted by molar-refractivity contribution is 9.10. The lowest BCUT2D eigenvalue weighted by Crippen LogP contribution is -2.17. The van der Waals surface area contributed by atoms with E-state index in [2.05, 4.69) is 20.9 Å². The molecule has 98 valence electrons. The molecule has 0 aromatic carbocycles. The Morgan fingerprint density at radius 2 is 2.22 bits per heavy atom. The fourth-order valence-electron chi connectivity index (χ4n) is 1.92. The standard InChI is InChI=1S/C12H14BrNO3S/c13-9-1-2-10(14-6-9)7-18(17)8-12(3-4-12)5-11(15)16/h1-2,6H,3-5,7-8H2,(H,15,16). The van der Waals surface area contributed by atoms with Gasteiger partial charge < -0.3 is 5.11 Å². The molecule has 1 atom stereocenters. The van der Waals surface area contributed by atoms with Gasteiger partial charge in [-0.05, 0) is 46.3 Å². The van der Waals surface area contributed by atoms with Crippen molar-refractivity contribution < 1.29 is 14.1 Å². The maximum absolute atomic E-state index is 12.0. The quantitative estimate of drug-likeness (QED) is 0.868. The smallest absolute Gasteiger partial charge is 0.303 e. The van der Waals surface area contributed by atoms with E-state index < -0.39 is 16.8 Å². The summed E-state index contributed by atoms with van der Waals surface area (Å²) in [6.07, 6.45) is 3.56. The number of carbonyl (C=O) groups is 1. The Morgan fingerprint density at radius 1 is 1.50 bits per heavy atom. The molecule has 1 aliphatic rings. The average Bonchev–Trinajstić information content (AvgIpc) is 3.00. The Balaban J connectivity index is 1.89. The molecule has 1 unspecified atom stereocenters. The van der Waals surface area contributed by atoms with Gasteiger partial charge in [-0.3, -0.25) is 14.0 Å². The van der Waals surface area contributed by atoms with Crippen LogP contribution in [0.1, 0.15) is 25.0 Å². The molecular weight excluding hydrogens is 318 g/mol. The number of hydrogen-bond acceptors (Lipinski definition) is 3. The molecule has 4 nitrogen and oxygen atoms in total. The first kappa shape index (κ1) is 13.7. The SMILES string of the molecule is O=C(O)CC1(CS(=O)Cc2ccc(Br)cn2)CC1. The molecule has 0 spiro atoms. The summed E-state index contributed by atoms with van der Waals surface area (Å²) >= 11 is 3.29. The second-order valence-electron chi connectivity index (χ2n) is 4.77. The van der Waals surface area contributed by atoms with Gasteiger partial charge in [0.15, 0.2) is 0 Å². The second-order valence-corrected chi connectivity index (χ2v) is 7.14. The number of carboxylic acid groups (broad SMARTS) is 1. The van der Waals surface area contributed by atoms with Gasteiger partial charge in [0.2, 0.25) is 0 Å². The molecular formula is C12H14BrNO3S. The summed E-state index contributed by atoms with van der Waals surface area (Å²) in [4.78, 5) is 14.9. The molecule has 18 heavy (non-hydrogen) atoms. The van der Waals surface area contributed by atoms with Crippen LogP contribution in [-0.4, -0.2) is 26.0 Å². The molecule has 0 aliphatic heterocycles. The third-order valence-electron chi connectivity index (χ3n) is 3.05. The van der Waals surface area contributed by atoms with E-state index in [1.807, 2.05) is 12.1 Å². The highest BCUT2D eigenvalue weighted by atomic mass is 79.9. The first-order valence-corrected chi connectivity index (χ1v) is 7.94. The van der Waals surface area contributed by atoms with Crippen LogP contribution in [0.2, 0.25) is 0 Å². The van der Waals surface area contributed by atoms with Gasteiger partial charge in [0.1, 0.15) is 0 Å². The Morgan fingerprint density at radius 3 is 2.72 bits per heavy atom. The van der Waals surface area contributed by atoms with Crippen LogP contribution in [0.25, 0.3) is 0 Å². The minimum absolute atomic E-state index is 0.131. The van der Waals surface area contributed by atoms with Gasteiger partial charge in [0, 0.05) is 27.2 Å². The second kappa shape index (κ2) is 5.48. The largest absolute Gasteiger partial charge is 0.481 e. The number of aromatic nitrogens is 1. The Bertz CT molecular complexity index is 471. The van der Waals surface area contributed by atoms with Crippen LogP contribution < -0.4 is 0 Å². The van der Waals surface area contributed by atoms with Crippen molar-refractivity contribution in [3.63, 3.8) is 0 Å². The van der Waals surface area contributed by atoms with Crippen molar-refractivity contribution in [2.45, 2.75) is 25.0 Å². The Hall–Kier alpha value is -0.750. The predicted octanol–water partition coefficient (Wildman–Crippen LogP) is 2.35. The molecule has 1 aromatic heterocycles. The van der Waals surface area contributed by atoms with Gasteiger partial charge in [0.25, 0.3) is 0 Å². The number of carboxylic acids is 1. The van der Waals surface area contributed by atoms with Crippen LogP contribution in [0.3, 0.4) is 0 Å². The molecule has 1 heterocycles. The highest BCUT2D eigenvalue weighted by Crippen LogP contribution is 2.49. The normalized spacial score (nSPS) is 18.3. The van der Waals surface area contributed by atoms with Crippen LogP contribution in [0.4, 0.5) is 0 Å². The number of pyridine rings is 1. The number of hydrogen-bond donors (Lipinski definition) is 1. The molecule has 1 fully saturated rings. The monoisotopic (exact) mass is 331 g/mol. The number of aliphatic carboxylic acids is 1. The van der Waals surface area contributed by atoms with Crippen molar-refractivity contribution in [2.75, 3.05) is 5.75 Å². The van der Waals surface area contributed by atoms with Crippen LogP contribution >= 0.6 is 15.9 Å². The van der Waals surface area contributed by atoms with E-state index in [-0.39, 0.29) is 11.8 Å². The van der Waals surface area contributed by atoms with Crippen molar-refractivity contribution in [3.8, 4) is 0 Å². The van der Waals surface area contributed by atoms with Gasteiger partial charge in [-0.1, -0.05) is 0 Å². The van der Waals surface area contributed by atoms with E-state index in [0.29, 0.717) is 11.5 Å². The fourth-order valence-corrected chi connectivity index (χ4v) is 3.83. The molecule has 0 radical (unpaired) electrons. The van der Waals surface area contributed by atoms with Gasteiger partial charge in [-0.25, -0.2) is 0 Å². The molecule has 1 N–H and O–H groups in total. The fraction of sp³-hybridized carbons (Fsp3) is 0.500. The van der Waals surface area contributed by atoms with Crippen molar-refractivity contribution in [1.82, 2.24) is 4.98 Å². The summed E-state index contributed by atoms with van der Waals surface area (Å²) in [6, 6.07) is 3.70. The summed E-state index contributed by atoms with van der Waals surface area (Å²) in [6.45, 7) is 0. The predicted molar refractivity (Wildman–Crippen MR) is 72.6 cm³/mol. The molecule has 1 saturated carbocycles. The summed E-state index contributed by atoms with van der Waals surface area (Å²) in [5.41, 5.74) is 0.564. The number of rotatable bonds is 6. The molecule has 0 bridgehead atoms. The van der Waals surface area contributed by atoms with Crippen molar-refractivity contribution in [1.29, 1.82) is 0 Å². The lowest BCUT2D eigenvalue weighted by molar-refractivity contribution is -0.138. The molecule has 6 heteroatoms. The van der Waals surface area contributed by atoms with E-state index in [4.69, 9.17) is 5.11 Å². The van der Waals surface area contributed by atoms with Crippen LogP contribution in [-0.2, 0) is 21.3 Å². The third kappa shape index (κ3) is 3.88. The summed E-state index contributed by atoms with van der Waals surface area (Å²) < 4.78 is 12.9. The lowest BCUT2D eigenvalue weighted by atomic mass is 10.1. The van der Waals surface area contributed by atoms with Gasteiger partial charge in [-0.15, -0.1) is 0 Å². The average molecular weight is 332 g/mol. The lowest BCUT2D eigenvalue weighted by Gasteiger charge is -2.11. The van der Waals surface area contributed by atoms with Crippen molar-refractivity contribution >= 4 is 32.7 Å². The minimum Gasteiger partial charge on any atom is -0.481 e. The topological polar surface area (TPSA) is 67.3 Å². The molecule has 1 aliphatic carbocycles. The molecule has 0 amide bonds. The Labute approximate surface area is 116 Å². The maximum atomic E-state index is 12.0. The molecule has 1 aromatic rings. The first-order valence-electron chi connectivity index (χ1n) is 5.66. The van der Waals surface area contributed by atoms with Gasteiger partial charge in [-0.2, -0.15) is 0 Å². The maximum Gasteiger partial charge on any atom is 0.303 e. The van der Waals surface area contributed by atoms with Crippen molar-refractivity contribution in [2.24, 2.45) is 5.41 Å². The van der Waals surface area contributed by atoms with Crippen molar-refractivity contribution in [3.05, 3.63) is 28.5 Å². The van der Waals surface area contributed by atoms with Gasteiger partial charge in [0.05, 0.1) is 17.9 Å².